The number of hydrogen-bond acceptors (Lipinski definition) is 2. The fourth-order valence-corrected chi connectivity index (χ4v) is 1.12. The molecule has 0 unspecified atom stereocenters. The van der Waals surface area contributed by atoms with Gasteiger partial charge in [-0.05, 0) is 19.1 Å². The molecule has 0 bridgehead atoms. The molecule has 1 rings (SSSR count). The molecule has 0 spiro atoms. The zero-order valence-corrected chi connectivity index (χ0v) is 8.90. The maximum absolute atomic E-state index is 12.0. The largest absolute Gasteiger partial charge is 0.390 e. The molecule has 0 aliphatic heterocycles. The summed E-state index contributed by atoms with van der Waals surface area (Å²) >= 11 is 0. The molecule has 0 aliphatic carbocycles. The molecule has 0 aliphatic rings. The van der Waals surface area contributed by atoms with Gasteiger partial charge in [0.25, 0.3) is 0 Å². The molecule has 0 radical (unpaired) electrons. The van der Waals surface area contributed by atoms with E-state index < -0.39 is 18.6 Å². The van der Waals surface area contributed by atoms with Gasteiger partial charge in [0.05, 0.1) is 18.2 Å². The van der Waals surface area contributed by atoms with Gasteiger partial charge >= 0.3 is 6.18 Å². The summed E-state index contributed by atoms with van der Waals surface area (Å²) in [6, 6.07) is 3.79. The lowest BCUT2D eigenvalue weighted by atomic mass is 10.1. The van der Waals surface area contributed by atoms with Gasteiger partial charge in [-0.15, -0.1) is 12.4 Å². The first-order valence-corrected chi connectivity index (χ1v) is 4.14. The van der Waals surface area contributed by atoms with E-state index in [1.54, 1.807) is 19.1 Å². The minimum Gasteiger partial charge on any atom is -0.322 e. The van der Waals surface area contributed by atoms with Gasteiger partial charge in [0, 0.05) is 5.69 Å². The van der Waals surface area contributed by atoms with Crippen LogP contribution in [0.4, 0.5) is 13.2 Å². The smallest absolute Gasteiger partial charge is 0.322 e. The van der Waals surface area contributed by atoms with Crippen LogP contribution in [0.25, 0.3) is 0 Å². The quantitative estimate of drug-likeness (QED) is 0.863. The van der Waals surface area contributed by atoms with Crippen molar-refractivity contribution < 1.29 is 13.2 Å². The van der Waals surface area contributed by atoms with Crippen molar-refractivity contribution in [2.45, 2.75) is 25.6 Å². The highest BCUT2D eigenvalue weighted by Gasteiger charge is 2.31. The Bertz CT molecular complexity index is 314. The molecule has 0 amide bonds. The zero-order chi connectivity index (χ0) is 10.8. The second-order valence-electron chi connectivity index (χ2n) is 3.13. The maximum atomic E-state index is 12.0. The van der Waals surface area contributed by atoms with Crippen LogP contribution in [-0.2, 0) is 0 Å². The lowest BCUT2D eigenvalue weighted by Gasteiger charge is -2.13. The Morgan fingerprint density at radius 1 is 1.40 bits per heavy atom. The minimum atomic E-state index is -4.25. The standard InChI is InChI=1S/C9H11F3N2.ClH/c1-6-3-2-4-8(14-6)7(13)5-9(10,11)12;/h2-4,7H,5,13H2,1H3;1H/t7-;/m0./s1. The fraction of sp³-hybridized carbons (Fsp3) is 0.444. The molecular formula is C9H12ClF3N2. The monoisotopic (exact) mass is 240 g/mol. The second kappa shape index (κ2) is 5.32. The topological polar surface area (TPSA) is 38.9 Å². The first-order chi connectivity index (χ1) is 6.38. The first kappa shape index (κ1) is 14.2. The van der Waals surface area contributed by atoms with Crippen LogP contribution in [-0.4, -0.2) is 11.2 Å². The predicted molar refractivity (Wildman–Crippen MR) is 53.8 cm³/mol. The van der Waals surface area contributed by atoms with Crippen LogP contribution in [0.3, 0.4) is 0 Å². The van der Waals surface area contributed by atoms with E-state index in [1.165, 1.54) is 6.07 Å². The van der Waals surface area contributed by atoms with Crippen molar-refractivity contribution in [3.8, 4) is 0 Å². The van der Waals surface area contributed by atoms with Crippen LogP contribution >= 0.6 is 12.4 Å². The molecule has 1 aromatic heterocycles. The van der Waals surface area contributed by atoms with Crippen molar-refractivity contribution in [3.63, 3.8) is 0 Å². The number of nitrogens with zero attached hydrogens (tertiary/aromatic N) is 1. The normalized spacial score (nSPS) is 13.1. The Labute approximate surface area is 92.1 Å². The summed E-state index contributed by atoms with van der Waals surface area (Å²) in [5.74, 6) is 0. The van der Waals surface area contributed by atoms with E-state index in [9.17, 15) is 13.2 Å². The van der Waals surface area contributed by atoms with Gasteiger partial charge in [-0.1, -0.05) is 6.07 Å². The maximum Gasteiger partial charge on any atom is 0.390 e. The van der Waals surface area contributed by atoms with E-state index in [0.29, 0.717) is 5.69 Å². The molecule has 0 aromatic carbocycles. The molecule has 15 heavy (non-hydrogen) atoms. The average Bonchev–Trinajstić information content (AvgIpc) is 2.01. The fourth-order valence-electron chi connectivity index (χ4n) is 1.12. The Hall–Kier alpha value is -0.810. The van der Waals surface area contributed by atoms with Crippen LogP contribution < -0.4 is 5.73 Å². The molecule has 86 valence electrons. The molecular weight excluding hydrogens is 229 g/mol. The molecule has 0 fully saturated rings. The molecule has 1 heterocycles. The number of pyridine rings is 1. The van der Waals surface area contributed by atoms with Gasteiger partial charge in [0.2, 0.25) is 0 Å². The van der Waals surface area contributed by atoms with Gasteiger partial charge in [0.1, 0.15) is 0 Å². The number of nitrogens with two attached hydrogens (primary N) is 1. The van der Waals surface area contributed by atoms with Crippen molar-refractivity contribution in [2.75, 3.05) is 0 Å². The van der Waals surface area contributed by atoms with Crippen molar-refractivity contribution in [1.82, 2.24) is 4.98 Å². The van der Waals surface area contributed by atoms with E-state index in [0.717, 1.165) is 0 Å². The highest BCUT2D eigenvalue weighted by Crippen LogP contribution is 2.26. The minimum absolute atomic E-state index is 0. The second-order valence-corrected chi connectivity index (χ2v) is 3.13. The zero-order valence-electron chi connectivity index (χ0n) is 8.08. The van der Waals surface area contributed by atoms with Crippen molar-refractivity contribution in [2.24, 2.45) is 5.73 Å². The molecule has 1 atom stereocenters. The number of halogens is 4. The number of aryl methyl sites for hydroxylation is 1. The van der Waals surface area contributed by atoms with Crippen molar-refractivity contribution in [1.29, 1.82) is 0 Å². The third-order valence-corrected chi connectivity index (χ3v) is 1.74. The summed E-state index contributed by atoms with van der Waals surface area (Å²) in [4.78, 5) is 3.93. The van der Waals surface area contributed by atoms with Gasteiger partial charge in [-0.3, -0.25) is 4.98 Å². The van der Waals surface area contributed by atoms with Crippen LogP contribution in [0, 0.1) is 6.92 Å². The third kappa shape index (κ3) is 4.99. The van der Waals surface area contributed by atoms with Crippen LogP contribution in [0.2, 0.25) is 0 Å². The molecule has 2 N–H and O–H groups in total. The average molecular weight is 241 g/mol. The SMILES string of the molecule is Cc1cccc([C@@H](N)CC(F)(F)F)n1.Cl. The number of hydrogen-bond donors (Lipinski definition) is 1. The summed E-state index contributed by atoms with van der Waals surface area (Å²) in [7, 11) is 0. The van der Waals surface area contributed by atoms with Crippen molar-refractivity contribution >= 4 is 12.4 Å². The molecule has 1 aromatic rings. The van der Waals surface area contributed by atoms with E-state index in [1.807, 2.05) is 0 Å². The summed E-state index contributed by atoms with van der Waals surface area (Å²) in [6.07, 6.45) is -5.28. The Balaban J connectivity index is 0.00000196. The molecule has 0 saturated heterocycles. The summed E-state index contributed by atoms with van der Waals surface area (Å²) in [5.41, 5.74) is 6.31. The van der Waals surface area contributed by atoms with Gasteiger partial charge in [-0.25, -0.2) is 0 Å². The highest BCUT2D eigenvalue weighted by atomic mass is 35.5. The first-order valence-electron chi connectivity index (χ1n) is 4.14. The number of rotatable bonds is 2. The lowest BCUT2D eigenvalue weighted by molar-refractivity contribution is -0.138. The Morgan fingerprint density at radius 2 is 2.00 bits per heavy atom. The number of aromatic nitrogens is 1. The Kier molecular flexibility index (Phi) is 5.03. The van der Waals surface area contributed by atoms with Gasteiger partial charge < -0.3 is 5.73 Å². The highest BCUT2D eigenvalue weighted by molar-refractivity contribution is 5.85. The van der Waals surface area contributed by atoms with Crippen molar-refractivity contribution in [3.05, 3.63) is 29.6 Å². The van der Waals surface area contributed by atoms with E-state index >= 15 is 0 Å². The molecule has 2 nitrogen and oxygen atoms in total. The van der Waals surface area contributed by atoms with E-state index in [2.05, 4.69) is 4.98 Å². The lowest BCUT2D eigenvalue weighted by Crippen LogP contribution is -2.21. The summed E-state index contributed by atoms with van der Waals surface area (Å²) in [6.45, 7) is 1.71. The summed E-state index contributed by atoms with van der Waals surface area (Å²) < 4.78 is 36.0. The van der Waals surface area contributed by atoms with Crippen LogP contribution in [0.15, 0.2) is 18.2 Å². The van der Waals surface area contributed by atoms with Crippen LogP contribution in [0.5, 0.6) is 0 Å². The summed E-state index contributed by atoms with van der Waals surface area (Å²) in [5, 5.41) is 0. The predicted octanol–water partition coefficient (Wildman–Crippen LogP) is 2.76. The van der Waals surface area contributed by atoms with Crippen LogP contribution in [0.1, 0.15) is 23.9 Å². The Morgan fingerprint density at radius 3 is 2.47 bits per heavy atom. The number of alkyl halides is 3. The molecule has 6 heteroatoms. The van der Waals surface area contributed by atoms with E-state index in [-0.39, 0.29) is 18.1 Å². The third-order valence-electron chi connectivity index (χ3n) is 1.74. The van der Waals surface area contributed by atoms with Gasteiger partial charge in [0.15, 0.2) is 0 Å². The van der Waals surface area contributed by atoms with Gasteiger partial charge in [-0.2, -0.15) is 13.2 Å². The van der Waals surface area contributed by atoms with E-state index in [4.69, 9.17) is 5.73 Å². The molecule has 0 saturated carbocycles.